The first-order chi connectivity index (χ1) is 7.20. The lowest BCUT2D eigenvalue weighted by atomic mass is 10.2. The van der Waals surface area contributed by atoms with E-state index in [1.807, 2.05) is 0 Å². The number of carbonyl (C=O) groups is 1. The predicted octanol–water partition coefficient (Wildman–Crippen LogP) is 0.451. The molecule has 5 nitrogen and oxygen atoms in total. The van der Waals surface area contributed by atoms with E-state index in [0.29, 0.717) is 0 Å². The highest BCUT2D eigenvalue weighted by Crippen LogP contribution is 2.28. The summed E-state index contributed by atoms with van der Waals surface area (Å²) in [6, 6.07) is 0. The second kappa shape index (κ2) is 4.52. The van der Waals surface area contributed by atoms with Crippen molar-refractivity contribution in [3.8, 4) is 0 Å². The summed E-state index contributed by atoms with van der Waals surface area (Å²) in [4.78, 5) is 13.1. The Hall–Kier alpha value is -0.560. The van der Waals surface area contributed by atoms with E-state index in [-0.39, 0.29) is 29.6 Å². The quantitative estimate of drug-likeness (QED) is 0.720. The Bertz CT molecular complexity index is 285. The van der Waals surface area contributed by atoms with E-state index >= 15 is 0 Å². The minimum absolute atomic E-state index is 0.00883. The molecule has 0 aromatic carbocycles. The van der Waals surface area contributed by atoms with Gasteiger partial charge in [0.2, 0.25) is 0 Å². The van der Waals surface area contributed by atoms with Crippen molar-refractivity contribution in [3.63, 3.8) is 0 Å². The van der Waals surface area contributed by atoms with Crippen LogP contribution in [0.25, 0.3) is 0 Å². The Labute approximate surface area is 92.2 Å². The Balaban J connectivity index is 1.99. The van der Waals surface area contributed by atoms with E-state index in [1.54, 1.807) is 17.2 Å². The van der Waals surface area contributed by atoms with Crippen molar-refractivity contribution in [2.45, 2.75) is 30.5 Å². The number of hydrogen-bond donors (Lipinski definition) is 2. The summed E-state index contributed by atoms with van der Waals surface area (Å²) in [6.45, 7) is 0.00883. The molecule has 84 valence electrons. The van der Waals surface area contributed by atoms with E-state index in [2.05, 4.69) is 0 Å². The normalized spacial score (nSPS) is 36.3. The second-order valence-corrected chi connectivity index (χ2v) is 4.70. The molecule has 1 saturated heterocycles. The number of nitrogens with zero attached hydrogens (tertiary/aromatic N) is 1. The summed E-state index contributed by atoms with van der Waals surface area (Å²) >= 11 is 1.08. The van der Waals surface area contributed by atoms with E-state index in [1.165, 1.54) is 0 Å². The summed E-state index contributed by atoms with van der Waals surface area (Å²) in [6.07, 6.45) is 4.60. The number of carbonyl (C=O) groups excluding carboxylic acids is 1. The van der Waals surface area contributed by atoms with Gasteiger partial charge in [-0.15, -0.1) is 0 Å². The van der Waals surface area contributed by atoms with Crippen LogP contribution in [0.15, 0.2) is 12.3 Å². The molecule has 3 atom stereocenters. The lowest BCUT2D eigenvalue weighted by molar-refractivity contribution is -0.0331. The first kappa shape index (κ1) is 10.9. The third-order valence-corrected chi connectivity index (χ3v) is 3.32. The minimum atomic E-state index is -0.260. The molecule has 0 saturated carbocycles. The maximum Gasteiger partial charge on any atom is 0.289 e. The van der Waals surface area contributed by atoms with Crippen molar-refractivity contribution < 1.29 is 14.6 Å². The molecular weight excluding hydrogens is 216 g/mol. The number of aliphatic hydroxyl groups is 1. The van der Waals surface area contributed by atoms with Gasteiger partial charge >= 0.3 is 0 Å². The largest absolute Gasteiger partial charge is 0.394 e. The average Bonchev–Trinajstić information content (AvgIpc) is 2.66. The molecule has 0 aromatic heterocycles. The SMILES string of the molecule is NC1C=CN([C@H]2CC[C@@H](CO)O2)C(=O)S1. The third kappa shape index (κ3) is 2.34. The first-order valence-electron chi connectivity index (χ1n) is 4.90. The fraction of sp³-hybridized carbons (Fsp3) is 0.667. The van der Waals surface area contributed by atoms with Crippen LogP contribution >= 0.6 is 11.8 Å². The number of aliphatic hydroxyl groups excluding tert-OH is 1. The van der Waals surface area contributed by atoms with Gasteiger partial charge < -0.3 is 15.6 Å². The van der Waals surface area contributed by atoms with Crippen molar-refractivity contribution in [1.82, 2.24) is 4.90 Å². The van der Waals surface area contributed by atoms with Crippen LogP contribution in [-0.4, -0.2) is 39.6 Å². The minimum Gasteiger partial charge on any atom is -0.394 e. The zero-order valence-electron chi connectivity index (χ0n) is 8.20. The molecule has 2 heterocycles. The van der Waals surface area contributed by atoms with Crippen LogP contribution in [0.1, 0.15) is 12.8 Å². The molecule has 0 bridgehead atoms. The Morgan fingerprint density at radius 3 is 3.07 bits per heavy atom. The van der Waals surface area contributed by atoms with Crippen molar-refractivity contribution in [3.05, 3.63) is 12.3 Å². The van der Waals surface area contributed by atoms with Crippen LogP contribution in [0.5, 0.6) is 0 Å². The summed E-state index contributed by atoms with van der Waals surface area (Å²) < 4.78 is 5.51. The number of rotatable bonds is 2. The van der Waals surface area contributed by atoms with Crippen molar-refractivity contribution >= 4 is 17.0 Å². The van der Waals surface area contributed by atoms with Gasteiger partial charge in [0.1, 0.15) is 6.23 Å². The fourth-order valence-corrected chi connectivity index (χ4v) is 2.38. The molecule has 1 fully saturated rings. The summed E-state index contributed by atoms with van der Waals surface area (Å²) in [7, 11) is 0. The Morgan fingerprint density at radius 1 is 1.67 bits per heavy atom. The maximum absolute atomic E-state index is 11.6. The summed E-state index contributed by atoms with van der Waals surface area (Å²) in [5, 5.41) is 8.57. The van der Waals surface area contributed by atoms with Crippen LogP contribution in [0.2, 0.25) is 0 Å². The highest BCUT2D eigenvalue weighted by atomic mass is 32.2. The molecule has 0 aromatic rings. The first-order valence-corrected chi connectivity index (χ1v) is 5.78. The van der Waals surface area contributed by atoms with Gasteiger partial charge in [-0.05, 0) is 30.7 Å². The molecule has 15 heavy (non-hydrogen) atoms. The van der Waals surface area contributed by atoms with Gasteiger partial charge in [-0.3, -0.25) is 9.69 Å². The number of amides is 1. The molecule has 1 amide bonds. The molecule has 1 unspecified atom stereocenters. The predicted molar refractivity (Wildman–Crippen MR) is 56.9 cm³/mol. The van der Waals surface area contributed by atoms with Crippen molar-refractivity contribution in [2.24, 2.45) is 5.73 Å². The number of ether oxygens (including phenoxy) is 1. The van der Waals surface area contributed by atoms with Crippen LogP contribution in [0.4, 0.5) is 4.79 Å². The number of hydrogen-bond acceptors (Lipinski definition) is 5. The molecule has 2 aliphatic heterocycles. The van der Waals surface area contributed by atoms with E-state index in [4.69, 9.17) is 15.6 Å². The Kier molecular flexibility index (Phi) is 3.30. The topological polar surface area (TPSA) is 75.8 Å². The molecule has 3 N–H and O–H groups in total. The number of nitrogens with two attached hydrogens (primary N) is 1. The summed E-state index contributed by atoms with van der Waals surface area (Å²) in [5.41, 5.74) is 5.59. The fourth-order valence-electron chi connectivity index (χ4n) is 1.69. The van der Waals surface area contributed by atoms with Crippen LogP contribution in [0.3, 0.4) is 0 Å². The van der Waals surface area contributed by atoms with E-state index in [9.17, 15) is 4.79 Å². The third-order valence-electron chi connectivity index (χ3n) is 2.48. The lowest BCUT2D eigenvalue weighted by Crippen LogP contribution is -2.38. The van der Waals surface area contributed by atoms with Gasteiger partial charge in [0, 0.05) is 6.20 Å². The molecular formula is C9H14N2O3S. The van der Waals surface area contributed by atoms with E-state index in [0.717, 1.165) is 24.6 Å². The monoisotopic (exact) mass is 230 g/mol. The second-order valence-electron chi connectivity index (χ2n) is 3.57. The van der Waals surface area contributed by atoms with Crippen LogP contribution < -0.4 is 5.73 Å². The van der Waals surface area contributed by atoms with Gasteiger partial charge in [0.05, 0.1) is 18.1 Å². The zero-order chi connectivity index (χ0) is 10.8. The smallest absolute Gasteiger partial charge is 0.289 e. The average molecular weight is 230 g/mol. The van der Waals surface area contributed by atoms with E-state index < -0.39 is 0 Å². The maximum atomic E-state index is 11.6. The Morgan fingerprint density at radius 2 is 2.47 bits per heavy atom. The lowest BCUT2D eigenvalue weighted by Gasteiger charge is -2.28. The summed E-state index contributed by atoms with van der Waals surface area (Å²) in [5.74, 6) is 0. The molecule has 2 rings (SSSR count). The molecule has 0 spiro atoms. The molecule has 6 heteroatoms. The van der Waals surface area contributed by atoms with Gasteiger partial charge in [-0.2, -0.15) is 0 Å². The zero-order valence-corrected chi connectivity index (χ0v) is 9.02. The van der Waals surface area contributed by atoms with Crippen molar-refractivity contribution in [2.75, 3.05) is 6.61 Å². The molecule has 2 aliphatic rings. The molecule has 0 radical (unpaired) electrons. The van der Waals surface area contributed by atoms with Crippen LogP contribution in [-0.2, 0) is 4.74 Å². The van der Waals surface area contributed by atoms with Gasteiger partial charge in [-0.1, -0.05) is 0 Å². The molecule has 0 aliphatic carbocycles. The van der Waals surface area contributed by atoms with Crippen molar-refractivity contribution in [1.29, 1.82) is 0 Å². The van der Waals surface area contributed by atoms with Gasteiger partial charge in [0.15, 0.2) is 0 Å². The highest BCUT2D eigenvalue weighted by Gasteiger charge is 2.33. The standard InChI is InChI=1S/C9H14N2O3S/c10-7-3-4-11(9(13)15-7)8-2-1-6(5-12)14-8/h3-4,6-8,12H,1-2,5,10H2/t6-,7?,8+/m0/s1. The highest BCUT2D eigenvalue weighted by molar-refractivity contribution is 8.14. The van der Waals surface area contributed by atoms with Crippen LogP contribution in [0, 0.1) is 0 Å². The number of thioether (sulfide) groups is 1. The van der Waals surface area contributed by atoms with Gasteiger partial charge in [0.25, 0.3) is 5.24 Å². The van der Waals surface area contributed by atoms with Gasteiger partial charge in [-0.25, -0.2) is 0 Å².